The van der Waals surface area contributed by atoms with Crippen molar-refractivity contribution in [2.75, 3.05) is 26.2 Å². The van der Waals surface area contributed by atoms with Crippen molar-refractivity contribution in [2.45, 2.75) is 64.5 Å². The van der Waals surface area contributed by atoms with E-state index in [4.69, 9.17) is 4.99 Å². The second-order valence-electron chi connectivity index (χ2n) is 7.56. The van der Waals surface area contributed by atoms with Crippen LogP contribution in [0.1, 0.15) is 51.9 Å². The van der Waals surface area contributed by atoms with Crippen LogP contribution < -0.4 is 10.6 Å². The summed E-state index contributed by atoms with van der Waals surface area (Å²) in [6.45, 7) is 6.29. The van der Waals surface area contributed by atoms with Crippen molar-refractivity contribution >= 4 is 11.9 Å². The minimum atomic E-state index is 0.274. The maximum absolute atomic E-state index is 12.6. The van der Waals surface area contributed by atoms with Crippen molar-refractivity contribution in [1.82, 2.24) is 30.3 Å². The van der Waals surface area contributed by atoms with Gasteiger partial charge in [0, 0.05) is 44.7 Å². The van der Waals surface area contributed by atoms with E-state index in [1.165, 1.54) is 12.8 Å². The number of aromatic nitrogens is 3. The molecule has 8 nitrogen and oxygen atoms in total. The van der Waals surface area contributed by atoms with Gasteiger partial charge in [0.05, 0.1) is 0 Å². The van der Waals surface area contributed by atoms with Gasteiger partial charge in [-0.1, -0.05) is 12.8 Å². The third-order valence-corrected chi connectivity index (χ3v) is 5.45. The Hall–Kier alpha value is -2.12. The maximum atomic E-state index is 12.6. The van der Waals surface area contributed by atoms with E-state index >= 15 is 0 Å². The van der Waals surface area contributed by atoms with Crippen LogP contribution in [0.3, 0.4) is 0 Å². The minimum Gasteiger partial charge on any atom is -0.357 e. The predicted octanol–water partition coefficient (Wildman–Crippen LogP) is 1.40. The number of unbranched alkanes of at least 4 members (excludes halogenated alkanes) is 1. The van der Waals surface area contributed by atoms with Gasteiger partial charge in [-0.15, -0.1) is 10.2 Å². The normalized spacial score (nSPS) is 21.0. The van der Waals surface area contributed by atoms with Gasteiger partial charge in [0.1, 0.15) is 12.7 Å². The Morgan fingerprint density at radius 3 is 2.70 bits per heavy atom. The first-order valence-electron chi connectivity index (χ1n) is 10.4. The van der Waals surface area contributed by atoms with Crippen LogP contribution in [0.15, 0.2) is 17.6 Å². The topological polar surface area (TPSA) is 87.4 Å². The molecule has 1 saturated heterocycles. The predicted molar refractivity (Wildman–Crippen MR) is 105 cm³/mol. The van der Waals surface area contributed by atoms with E-state index in [0.29, 0.717) is 11.9 Å². The molecule has 2 heterocycles. The molecule has 1 aliphatic carbocycles. The molecule has 1 atom stereocenters. The molecule has 3 rings (SSSR count). The highest BCUT2D eigenvalue weighted by molar-refractivity contribution is 5.81. The van der Waals surface area contributed by atoms with E-state index in [1.807, 2.05) is 4.57 Å². The minimum absolute atomic E-state index is 0.274. The van der Waals surface area contributed by atoms with Crippen LogP contribution in [-0.2, 0) is 11.3 Å². The molecule has 150 valence electrons. The fourth-order valence-electron chi connectivity index (χ4n) is 3.96. The highest BCUT2D eigenvalue weighted by Gasteiger charge is 2.32. The molecule has 27 heavy (non-hydrogen) atoms. The molecule has 0 spiro atoms. The summed E-state index contributed by atoms with van der Waals surface area (Å²) in [6.07, 6.45) is 11.1. The van der Waals surface area contributed by atoms with Crippen molar-refractivity contribution < 1.29 is 4.79 Å². The molecule has 2 N–H and O–H groups in total. The van der Waals surface area contributed by atoms with Gasteiger partial charge in [-0.2, -0.15) is 0 Å². The highest BCUT2D eigenvalue weighted by atomic mass is 16.2. The molecule has 2 fully saturated rings. The van der Waals surface area contributed by atoms with Crippen LogP contribution in [0.4, 0.5) is 0 Å². The summed E-state index contributed by atoms with van der Waals surface area (Å²) in [6, 6.07) is 0.296. The smallest absolute Gasteiger partial charge is 0.225 e. The molecule has 0 bridgehead atoms. The number of carbonyl (C=O) groups is 1. The highest BCUT2D eigenvalue weighted by Crippen LogP contribution is 2.27. The van der Waals surface area contributed by atoms with Crippen LogP contribution in [0.25, 0.3) is 0 Å². The van der Waals surface area contributed by atoms with E-state index < -0.39 is 0 Å². The van der Waals surface area contributed by atoms with Crippen LogP contribution in [-0.4, -0.2) is 63.8 Å². The van der Waals surface area contributed by atoms with Gasteiger partial charge in [0.15, 0.2) is 5.96 Å². The molecule has 2 aliphatic rings. The van der Waals surface area contributed by atoms with Gasteiger partial charge >= 0.3 is 0 Å². The molecule has 0 radical (unpaired) electrons. The summed E-state index contributed by atoms with van der Waals surface area (Å²) >= 11 is 0. The number of carbonyl (C=O) groups excluding carboxylic acids is 1. The summed E-state index contributed by atoms with van der Waals surface area (Å²) in [4.78, 5) is 19.3. The van der Waals surface area contributed by atoms with E-state index in [2.05, 4.69) is 32.7 Å². The van der Waals surface area contributed by atoms with Crippen molar-refractivity contribution in [3.05, 3.63) is 12.7 Å². The number of guanidine groups is 1. The van der Waals surface area contributed by atoms with Crippen LogP contribution in [0.2, 0.25) is 0 Å². The molecule has 1 amide bonds. The second kappa shape index (κ2) is 10.3. The van der Waals surface area contributed by atoms with Gasteiger partial charge in [0.25, 0.3) is 0 Å². The van der Waals surface area contributed by atoms with Crippen LogP contribution in [0.5, 0.6) is 0 Å². The summed E-state index contributed by atoms with van der Waals surface area (Å²) in [7, 11) is 0. The van der Waals surface area contributed by atoms with Crippen molar-refractivity contribution in [3.63, 3.8) is 0 Å². The molecule has 1 aromatic rings. The largest absolute Gasteiger partial charge is 0.357 e. The molecular weight excluding hydrogens is 342 g/mol. The number of hydrogen-bond acceptors (Lipinski definition) is 4. The quantitative estimate of drug-likeness (QED) is 0.407. The Kier molecular flexibility index (Phi) is 7.47. The fourth-order valence-corrected chi connectivity index (χ4v) is 3.96. The van der Waals surface area contributed by atoms with Crippen molar-refractivity contribution in [2.24, 2.45) is 10.9 Å². The Morgan fingerprint density at radius 2 is 1.96 bits per heavy atom. The fraction of sp³-hybridized carbons (Fsp3) is 0.789. The lowest BCUT2D eigenvalue weighted by molar-refractivity contribution is -0.134. The average Bonchev–Trinajstić information content (AvgIpc) is 3.43. The van der Waals surface area contributed by atoms with Gasteiger partial charge in [-0.3, -0.25) is 9.79 Å². The number of hydrogen-bond donors (Lipinski definition) is 2. The summed E-state index contributed by atoms with van der Waals surface area (Å²) in [5.74, 6) is 1.51. The van der Waals surface area contributed by atoms with Crippen LogP contribution >= 0.6 is 0 Å². The first kappa shape index (κ1) is 19.6. The Labute approximate surface area is 161 Å². The standard InChI is InChI=1S/C19H33N7O/c1-2-20-19(21-10-5-6-11-25-14-22-23-15-25)24-17-9-12-26(13-17)18(27)16-7-3-4-8-16/h14-17H,2-13H2,1H3,(H2,20,21,24). The lowest BCUT2D eigenvalue weighted by Gasteiger charge is -2.21. The van der Waals surface area contributed by atoms with E-state index in [1.54, 1.807) is 12.7 Å². The lowest BCUT2D eigenvalue weighted by atomic mass is 10.1. The zero-order chi connectivity index (χ0) is 18.9. The number of likely N-dealkylation sites (tertiary alicyclic amines) is 1. The first-order valence-corrected chi connectivity index (χ1v) is 10.4. The van der Waals surface area contributed by atoms with E-state index in [-0.39, 0.29) is 5.92 Å². The van der Waals surface area contributed by atoms with Gasteiger partial charge in [-0.25, -0.2) is 0 Å². The number of nitrogens with zero attached hydrogens (tertiary/aromatic N) is 5. The number of aryl methyl sites for hydroxylation is 1. The summed E-state index contributed by atoms with van der Waals surface area (Å²) < 4.78 is 1.99. The van der Waals surface area contributed by atoms with Crippen LogP contribution in [0, 0.1) is 5.92 Å². The third kappa shape index (κ3) is 5.94. The zero-order valence-corrected chi connectivity index (χ0v) is 16.4. The number of amides is 1. The van der Waals surface area contributed by atoms with Gasteiger partial charge in [0.2, 0.25) is 5.91 Å². The number of nitrogens with one attached hydrogen (secondary N) is 2. The molecule has 0 aromatic carbocycles. The molecule has 1 aliphatic heterocycles. The van der Waals surface area contributed by atoms with Crippen molar-refractivity contribution in [1.29, 1.82) is 0 Å². The van der Waals surface area contributed by atoms with E-state index in [9.17, 15) is 4.79 Å². The number of aliphatic imine (C=N–C) groups is 1. The average molecular weight is 376 g/mol. The lowest BCUT2D eigenvalue weighted by Crippen LogP contribution is -2.45. The van der Waals surface area contributed by atoms with E-state index in [0.717, 1.165) is 70.8 Å². The molecule has 1 aromatic heterocycles. The summed E-state index contributed by atoms with van der Waals surface area (Å²) in [5.41, 5.74) is 0. The van der Waals surface area contributed by atoms with Gasteiger partial charge in [-0.05, 0) is 39.0 Å². The molecular formula is C19H33N7O. The molecule has 8 heteroatoms. The Bertz CT molecular complexity index is 595. The monoisotopic (exact) mass is 375 g/mol. The van der Waals surface area contributed by atoms with Gasteiger partial charge < -0.3 is 20.1 Å². The zero-order valence-electron chi connectivity index (χ0n) is 16.4. The molecule has 1 saturated carbocycles. The molecule has 1 unspecified atom stereocenters. The van der Waals surface area contributed by atoms with Crippen molar-refractivity contribution in [3.8, 4) is 0 Å². The summed E-state index contributed by atoms with van der Waals surface area (Å²) in [5, 5.41) is 14.5. The first-order chi connectivity index (χ1) is 13.3. The second-order valence-corrected chi connectivity index (χ2v) is 7.56. The SMILES string of the molecule is CCNC(=NCCCCn1cnnc1)NC1CCN(C(=O)C2CCCC2)C1. The third-order valence-electron chi connectivity index (χ3n) is 5.45. The maximum Gasteiger partial charge on any atom is 0.225 e. The Morgan fingerprint density at radius 1 is 1.19 bits per heavy atom. The Balaban J connectivity index is 1.39. The number of rotatable bonds is 8.